The van der Waals surface area contributed by atoms with Gasteiger partial charge in [0.1, 0.15) is 47.8 Å². The van der Waals surface area contributed by atoms with Gasteiger partial charge in [-0.1, -0.05) is 60.7 Å². The fourth-order valence-electron chi connectivity index (χ4n) is 13.3. The molecule has 38 nitrogen and oxygen atoms in total. The van der Waals surface area contributed by atoms with E-state index in [0.717, 1.165) is 47.4 Å². The molecule has 115 heavy (non-hydrogen) atoms. The molecule has 40 heteroatoms. The third kappa shape index (κ3) is 22.7. The topological polar surface area (TPSA) is 664 Å². The van der Waals surface area contributed by atoms with Crippen molar-refractivity contribution < 1.29 is 103 Å². The van der Waals surface area contributed by atoms with Crippen LogP contribution in [-0.4, -0.2) is 202 Å². The number of primary amides is 3. The van der Waals surface area contributed by atoms with Gasteiger partial charge in [-0.2, -0.15) is 16.8 Å². The Morgan fingerprint density at radius 2 is 1.23 bits per heavy atom. The van der Waals surface area contributed by atoms with Crippen molar-refractivity contribution in [2.75, 3.05) is 39.0 Å². The molecule has 0 saturated carbocycles. The van der Waals surface area contributed by atoms with Crippen molar-refractivity contribution in [2.24, 2.45) is 45.3 Å². The predicted octanol–water partition coefficient (Wildman–Crippen LogP) is -0.252. The number of carboxylic acids is 1. The molecule has 24 N–H and O–H groups in total. The minimum atomic E-state index is -5.43. The van der Waals surface area contributed by atoms with Gasteiger partial charge in [0.05, 0.1) is 28.9 Å². The highest BCUT2D eigenvalue weighted by Gasteiger charge is 2.44. The van der Waals surface area contributed by atoms with E-state index < -0.39 is 208 Å². The smallest absolute Gasteiger partial charge is 0.336 e. The molecule has 0 bridgehead atoms. The molecular weight excluding hydrogens is 1540 g/mol. The van der Waals surface area contributed by atoms with Gasteiger partial charge in [-0.3, -0.25) is 77.1 Å². The second-order valence-corrected chi connectivity index (χ2v) is 30.0. The van der Waals surface area contributed by atoms with Crippen molar-refractivity contribution in [3.05, 3.63) is 155 Å². The highest BCUT2D eigenvalue weighted by molar-refractivity contribution is 7.86. The fraction of sp³-hybridized carbons (Fsp3) is 0.333. The zero-order chi connectivity index (χ0) is 84.5. The summed E-state index contributed by atoms with van der Waals surface area (Å²) in [5.74, 6) is -16.1. The third-order valence-corrected chi connectivity index (χ3v) is 20.9. The Morgan fingerprint density at radius 1 is 0.635 bits per heavy atom. The van der Waals surface area contributed by atoms with E-state index in [4.69, 9.17) is 50.0 Å². The van der Waals surface area contributed by atoms with Crippen LogP contribution in [0.2, 0.25) is 0 Å². The maximum Gasteiger partial charge on any atom is 0.336 e. The number of aliphatic imine (C=N–C) groups is 1. The monoisotopic (exact) mass is 1630 g/mol. The Kier molecular flexibility index (Phi) is 29.4. The zero-order valence-corrected chi connectivity index (χ0v) is 63.6. The van der Waals surface area contributed by atoms with Gasteiger partial charge >= 0.3 is 5.97 Å². The molecule has 3 aliphatic rings. The second-order valence-electron chi connectivity index (χ2n) is 27.3. The van der Waals surface area contributed by atoms with E-state index in [1.54, 1.807) is 42.5 Å². The number of nitrogens with zero attached hydrogens (tertiary/aromatic N) is 4. The van der Waals surface area contributed by atoms with Gasteiger partial charge in [-0.25, -0.2) is 4.79 Å². The normalized spacial score (nSPS) is 14.4. The highest BCUT2D eigenvalue weighted by atomic mass is 32.2. The molecule has 11 amide bonds. The summed E-state index contributed by atoms with van der Waals surface area (Å²) in [7, 11) is -9.43. The number of phenols is 2. The first kappa shape index (κ1) is 87.7. The SMILES string of the molecule is CN(C(=O)CCc1ccc(O)cc1)[C@H](Cc1ccc(O)cc1)C(=O)N[C@@H](Cc1ccccc1)C(=O)N[C@@H](CCC(N)=O)C(=O)N[C@@H](CC(N)=O)C(=O)N[C@@H](CCCN=C(N)N)C(=O)N1CC[C@H](C(=O)N(C(=O)c2ccc(-c3c4ccc(=N)c(S(=O)(=O)O)c-4oc4c(S(=O)(=O)O)c(N)ccc34)c(C(=O)O)c2)[C@@H](CCCCN)C(N)=O)C1. The second kappa shape index (κ2) is 38.5. The van der Waals surface area contributed by atoms with Crippen LogP contribution in [0.4, 0.5) is 5.69 Å². The molecule has 7 atom stereocenters. The van der Waals surface area contributed by atoms with E-state index in [9.17, 15) is 89.2 Å². The Bertz CT molecular complexity index is 5180. The molecule has 1 fully saturated rings. The number of hydrogen-bond donors (Lipinski definition) is 17. The van der Waals surface area contributed by atoms with Crippen molar-refractivity contribution in [2.45, 2.75) is 130 Å². The van der Waals surface area contributed by atoms with Crippen molar-refractivity contribution >= 4 is 114 Å². The van der Waals surface area contributed by atoms with Crippen LogP contribution in [-0.2, 0) is 87.4 Å². The average molecular weight is 1630 g/mol. The van der Waals surface area contributed by atoms with Gasteiger partial charge in [-0.15, -0.1) is 0 Å². The summed E-state index contributed by atoms with van der Waals surface area (Å²) in [6.45, 7) is -0.934. The number of guanidine groups is 1. The standard InChI is InChI=1S/C75H88N16O22S2/c1-89(60(96)29-16-39-12-18-44(92)19-13-39)57(35-41-14-20-45(93)21-15-41)70(101)88-54(34-40-8-3-2-4-9-40)68(99)85-52(27-28-58(79)94)67(98)87-55(37-59(80)95)69(100)86-53(10-7-32-84-75(82)83)73(104)90-33-30-43(38-90)72(103)91(56(66(81)97)11-5-6-31-76)71(102)42-17-22-46(49(36-42)74(105)106)61-47-23-25-50(77)64(114(107,108)109)62(47)113-63-48(61)24-26-51(78)65(63)115(110,111)112/h2-4,8-9,12-15,17-26,36,43,52-57,77,92-93H,5-7,10-11,16,27-35,37-38,76,78H2,1H3,(H2,79,94)(H2,80,95)(H2,81,97)(H,85,99)(H,86,100)(H,87,98)(H,88,101)(H,105,106)(H4,82,83,84)(H,107,108,109)(H,110,111,112)/t43-,52-,53-,54-,55-,56-,57+/m0/s1. The molecule has 1 saturated heterocycles. The minimum absolute atomic E-state index is 0.00632. The van der Waals surface area contributed by atoms with Crippen LogP contribution in [0.5, 0.6) is 11.5 Å². The maximum atomic E-state index is 15.2. The number of hydrogen-bond acceptors (Lipinski definition) is 23. The van der Waals surface area contributed by atoms with Crippen molar-refractivity contribution in [3.63, 3.8) is 0 Å². The zero-order valence-electron chi connectivity index (χ0n) is 61.9. The third-order valence-electron chi connectivity index (χ3n) is 19.1. The lowest BCUT2D eigenvalue weighted by Crippen LogP contribution is -2.60. The molecular formula is C75H88N16O22S2. The highest BCUT2D eigenvalue weighted by Crippen LogP contribution is 2.46. The summed E-state index contributed by atoms with van der Waals surface area (Å²) in [6, 6.07) is 16.9. The molecule has 2 heterocycles. The number of phenolic OH excluding ortho intramolecular Hbond substituents is 2. The van der Waals surface area contributed by atoms with Gasteiger partial charge in [-0.05, 0) is 141 Å². The number of anilines is 1. The Morgan fingerprint density at radius 3 is 1.83 bits per heavy atom. The first-order chi connectivity index (χ1) is 54.3. The quantitative estimate of drug-likeness (QED) is 0.00451. The first-order valence-corrected chi connectivity index (χ1v) is 38.7. The van der Waals surface area contributed by atoms with E-state index in [1.165, 1.54) is 48.3 Å². The molecule has 0 unspecified atom stereocenters. The van der Waals surface area contributed by atoms with E-state index in [2.05, 4.69) is 26.3 Å². The summed E-state index contributed by atoms with van der Waals surface area (Å²) in [5.41, 5.74) is 37.6. The van der Waals surface area contributed by atoms with E-state index in [-0.39, 0.29) is 118 Å². The van der Waals surface area contributed by atoms with E-state index in [1.807, 2.05) is 0 Å². The van der Waals surface area contributed by atoms with Crippen LogP contribution in [0, 0.1) is 11.3 Å². The van der Waals surface area contributed by atoms with Crippen LogP contribution in [0.15, 0.2) is 141 Å². The van der Waals surface area contributed by atoms with Crippen molar-refractivity contribution in [1.82, 2.24) is 36.0 Å². The van der Waals surface area contributed by atoms with Crippen molar-refractivity contribution in [3.8, 4) is 33.9 Å². The van der Waals surface area contributed by atoms with Gasteiger partial charge in [0.15, 0.2) is 27.1 Å². The molecule has 0 aromatic heterocycles. The molecule has 1 aliphatic carbocycles. The number of aryl methyl sites for hydroxylation is 1. The summed E-state index contributed by atoms with van der Waals surface area (Å²) < 4.78 is 78.0. The molecule has 5 aromatic rings. The number of nitrogens with two attached hydrogens (primary N) is 7. The average Bonchev–Trinajstić information content (AvgIpc) is 1.14. The number of likely N-dealkylation sites (tertiary alicyclic amines) is 1. The molecule has 612 valence electrons. The number of nitrogens with one attached hydrogen (secondary N) is 5. The fourth-order valence-corrected chi connectivity index (χ4v) is 14.7. The number of carbonyl (C=O) groups excluding carboxylic acids is 11. The number of benzene rings is 6. The van der Waals surface area contributed by atoms with Crippen LogP contribution < -0.4 is 66.8 Å². The summed E-state index contributed by atoms with van der Waals surface area (Å²) in [6.07, 6.45) is -2.99. The number of imide groups is 1. The number of aromatic hydroxyl groups is 2. The van der Waals surface area contributed by atoms with E-state index in [0.29, 0.717) is 21.6 Å². The van der Waals surface area contributed by atoms with Gasteiger partial charge < -0.3 is 90.9 Å². The summed E-state index contributed by atoms with van der Waals surface area (Å²) in [5, 5.41) is 48.1. The number of rotatable bonds is 38. The molecule has 2 aliphatic heterocycles. The lowest BCUT2D eigenvalue weighted by atomic mass is 9.89. The van der Waals surface area contributed by atoms with Crippen LogP contribution >= 0.6 is 0 Å². The number of unbranched alkanes of at least 4 members (excludes halogenated alkanes) is 1. The summed E-state index contributed by atoms with van der Waals surface area (Å²) >= 11 is 0. The summed E-state index contributed by atoms with van der Waals surface area (Å²) in [4.78, 5) is 175. The van der Waals surface area contributed by atoms with Crippen LogP contribution in [0.1, 0.15) is 102 Å². The molecule has 0 radical (unpaired) electrons. The number of amides is 11. The predicted molar refractivity (Wildman–Crippen MR) is 412 cm³/mol. The maximum absolute atomic E-state index is 15.2. The Labute approximate surface area is 657 Å². The first-order valence-electron chi connectivity index (χ1n) is 35.8. The van der Waals surface area contributed by atoms with Gasteiger partial charge in [0.2, 0.25) is 59.1 Å². The molecule has 8 rings (SSSR count). The lowest BCUT2D eigenvalue weighted by Gasteiger charge is -2.31. The number of nitrogen functional groups attached to an aromatic ring is 1. The lowest BCUT2D eigenvalue weighted by molar-refractivity contribution is -0.141. The minimum Gasteiger partial charge on any atom is -0.508 e. The largest absolute Gasteiger partial charge is 0.508 e. The van der Waals surface area contributed by atoms with E-state index >= 15 is 9.59 Å². The number of fused-ring (bicyclic) bond motifs is 2. The molecule has 5 aromatic carbocycles. The van der Waals surface area contributed by atoms with Crippen LogP contribution in [0.25, 0.3) is 33.4 Å². The van der Waals surface area contributed by atoms with Gasteiger partial charge in [0, 0.05) is 74.4 Å². The number of carbonyl (C=O) groups is 12. The van der Waals surface area contributed by atoms with Gasteiger partial charge in [0.25, 0.3) is 26.1 Å². The molecule has 0 spiro atoms. The van der Waals surface area contributed by atoms with Crippen LogP contribution in [0.3, 0.4) is 0 Å². The van der Waals surface area contributed by atoms with Crippen molar-refractivity contribution in [1.29, 1.82) is 5.41 Å². The number of carboxylic acid groups (broad SMARTS) is 1. The Hall–Kier alpha value is -12.9. The number of aromatic carboxylic acids is 1. The Balaban J connectivity index is 1.07. The number of likely N-dealkylation sites (N-methyl/N-ethyl adjacent to an activating group) is 1.